The van der Waals surface area contributed by atoms with Gasteiger partial charge in [0.1, 0.15) is 5.69 Å². The molecule has 2 aliphatic heterocycles. The first-order chi connectivity index (χ1) is 21.0. The van der Waals surface area contributed by atoms with Gasteiger partial charge in [-0.1, -0.05) is 6.07 Å². The van der Waals surface area contributed by atoms with Gasteiger partial charge in [0.2, 0.25) is 0 Å². The molecule has 0 amide bonds. The number of anilines is 4. The van der Waals surface area contributed by atoms with Crippen molar-refractivity contribution in [3.05, 3.63) is 96.1 Å². The number of fused-ring (bicyclic) bond motifs is 4. The van der Waals surface area contributed by atoms with Gasteiger partial charge >= 0.3 is 0 Å². The second kappa shape index (κ2) is 10.5. The predicted octanol–water partition coefficient (Wildman–Crippen LogP) is 8.10. The summed E-state index contributed by atoms with van der Waals surface area (Å²) in [5.41, 5.74) is 10.9. The molecule has 2 aliphatic rings. The first kappa shape index (κ1) is 25.9. The summed E-state index contributed by atoms with van der Waals surface area (Å²) < 4.78 is 6.10. The molecule has 8 rings (SSSR count). The fraction of sp³-hybridized carbons (Fsp3) is 0.257. The van der Waals surface area contributed by atoms with Crippen LogP contribution in [-0.2, 0) is 4.74 Å². The number of hydrogen-bond acceptors (Lipinski definition) is 7. The normalized spacial score (nSPS) is 19.6. The Morgan fingerprint density at radius 2 is 1.56 bits per heavy atom. The van der Waals surface area contributed by atoms with Gasteiger partial charge in [0.15, 0.2) is 5.82 Å². The Balaban J connectivity index is 1.03. The van der Waals surface area contributed by atoms with Gasteiger partial charge in [0, 0.05) is 40.0 Å². The molecule has 8 nitrogen and oxygen atoms in total. The highest BCUT2D eigenvalue weighted by molar-refractivity contribution is 5.94. The smallest absolute Gasteiger partial charge is 0.157 e. The third-order valence-electron chi connectivity index (χ3n) is 8.67. The zero-order chi connectivity index (χ0) is 28.9. The number of aromatic amines is 1. The summed E-state index contributed by atoms with van der Waals surface area (Å²) in [6.07, 6.45) is 9.12. The highest BCUT2D eigenvalue weighted by atomic mass is 16.5. The number of nitrogens with zero attached hydrogens (tertiary/aromatic N) is 4. The number of aromatic nitrogens is 5. The first-order valence-corrected chi connectivity index (χ1v) is 15.0. The third kappa shape index (κ3) is 5.19. The number of rotatable bonds is 6. The molecular formula is C35H33N7O. The van der Waals surface area contributed by atoms with Crippen molar-refractivity contribution in [1.29, 1.82) is 0 Å². The Kier molecular flexibility index (Phi) is 6.30. The van der Waals surface area contributed by atoms with Crippen molar-refractivity contribution in [1.82, 2.24) is 24.9 Å². The summed E-state index contributed by atoms with van der Waals surface area (Å²) in [6.45, 7) is 4.02. The number of benzene rings is 2. The van der Waals surface area contributed by atoms with Crippen molar-refractivity contribution >= 4 is 44.7 Å². The topological polar surface area (TPSA) is 101 Å². The van der Waals surface area contributed by atoms with E-state index in [-0.39, 0.29) is 0 Å². The van der Waals surface area contributed by atoms with E-state index in [4.69, 9.17) is 19.7 Å². The van der Waals surface area contributed by atoms with E-state index >= 15 is 0 Å². The van der Waals surface area contributed by atoms with Crippen LogP contribution in [0.25, 0.3) is 33.5 Å². The van der Waals surface area contributed by atoms with E-state index in [0.29, 0.717) is 18.1 Å². The summed E-state index contributed by atoms with van der Waals surface area (Å²) in [6, 6.07) is 23.0. The Labute approximate surface area is 250 Å². The predicted molar refractivity (Wildman–Crippen MR) is 171 cm³/mol. The standard InChI is InChI=1S/C35H33N7O/c1-20-13-25(11-12-36-20)39-24-4-9-31-34(18-24)42-35(41-31)32-10-5-26(19-37-32)40-33-14-21(2)38-30-8-3-22(17-29(30)33)23-15-27-6-7-28(16-23)43-27/h3-5,8-14,17-19,23,27-28H,6-7,15-16H2,1-2H3,(H,36,39)(H,38,40)(H,41,42)/t23?,27-,28+. The highest BCUT2D eigenvalue weighted by Crippen LogP contribution is 2.42. The molecule has 2 aromatic carbocycles. The molecule has 3 atom stereocenters. The monoisotopic (exact) mass is 567 g/mol. The van der Waals surface area contributed by atoms with Gasteiger partial charge in [0.25, 0.3) is 0 Å². The number of H-pyrrole nitrogens is 1. The number of hydrogen-bond donors (Lipinski definition) is 3. The van der Waals surface area contributed by atoms with E-state index in [1.807, 2.05) is 50.4 Å². The van der Waals surface area contributed by atoms with Gasteiger partial charge < -0.3 is 20.4 Å². The third-order valence-corrected chi connectivity index (χ3v) is 8.67. The minimum atomic E-state index is 0.416. The number of ether oxygens (including phenoxy) is 1. The average Bonchev–Trinajstić information content (AvgIpc) is 3.59. The van der Waals surface area contributed by atoms with E-state index < -0.39 is 0 Å². The van der Waals surface area contributed by atoms with E-state index in [2.05, 4.69) is 57.0 Å². The lowest BCUT2D eigenvalue weighted by molar-refractivity contribution is -0.00378. The molecule has 4 aromatic heterocycles. The lowest BCUT2D eigenvalue weighted by Crippen LogP contribution is -2.23. The van der Waals surface area contributed by atoms with Crippen LogP contribution in [-0.4, -0.2) is 37.1 Å². The fourth-order valence-electron chi connectivity index (χ4n) is 6.63. The average molecular weight is 568 g/mol. The van der Waals surface area contributed by atoms with Gasteiger partial charge in [0.05, 0.1) is 40.6 Å². The summed E-state index contributed by atoms with van der Waals surface area (Å²) in [4.78, 5) is 22.1. The van der Waals surface area contributed by atoms with Gasteiger partial charge in [-0.3, -0.25) is 15.0 Å². The minimum Gasteiger partial charge on any atom is -0.375 e. The zero-order valence-electron chi connectivity index (χ0n) is 24.3. The second-order valence-electron chi connectivity index (χ2n) is 11.9. The van der Waals surface area contributed by atoms with Crippen LogP contribution in [0.15, 0.2) is 79.1 Å². The fourth-order valence-corrected chi connectivity index (χ4v) is 6.63. The van der Waals surface area contributed by atoms with Gasteiger partial charge in [-0.25, -0.2) is 4.98 Å². The number of aryl methyl sites for hydroxylation is 2. The Morgan fingerprint density at radius 1 is 0.744 bits per heavy atom. The zero-order valence-corrected chi connectivity index (χ0v) is 24.3. The van der Waals surface area contributed by atoms with Crippen LogP contribution in [0.3, 0.4) is 0 Å². The molecule has 2 saturated heterocycles. The molecule has 0 saturated carbocycles. The van der Waals surface area contributed by atoms with Crippen LogP contribution in [0.1, 0.15) is 48.6 Å². The van der Waals surface area contributed by atoms with Crippen LogP contribution < -0.4 is 10.6 Å². The molecule has 0 radical (unpaired) electrons. The molecule has 3 N–H and O–H groups in total. The quantitative estimate of drug-likeness (QED) is 0.187. The number of nitrogens with one attached hydrogen (secondary N) is 3. The van der Waals surface area contributed by atoms with E-state index in [9.17, 15) is 0 Å². The van der Waals surface area contributed by atoms with Gasteiger partial charge in [-0.15, -0.1) is 0 Å². The summed E-state index contributed by atoms with van der Waals surface area (Å²) in [5, 5.41) is 8.19. The van der Waals surface area contributed by atoms with E-state index in [1.54, 1.807) is 6.20 Å². The maximum Gasteiger partial charge on any atom is 0.157 e. The van der Waals surface area contributed by atoms with E-state index in [1.165, 1.54) is 18.4 Å². The maximum atomic E-state index is 6.10. The lowest BCUT2D eigenvalue weighted by Gasteiger charge is -2.29. The molecule has 2 bridgehead atoms. The molecule has 0 aliphatic carbocycles. The van der Waals surface area contributed by atoms with Gasteiger partial charge in [-0.2, -0.15) is 0 Å². The Hall–Kier alpha value is -4.82. The minimum absolute atomic E-state index is 0.416. The van der Waals surface area contributed by atoms with Crippen molar-refractivity contribution in [3.8, 4) is 11.5 Å². The SMILES string of the molecule is Cc1cc(Nc2ccc3nc(-c4ccc(Nc5cc(C)nc6ccc(C7C[C@H]8CC[C@@H](C7)O8)cc56)cn4)[nH]c3c2)ccn1. The number of pyridine rings is 3. The lowest BCUT2D eigenvalue weighted by atomic mass is 9.87. The Bertz CT molecular complexity index is 1950. The van der Waals surface area contributed by atoms with Crippen molar-refractivity contribution in [3.63, 3.8) is 0 Å². The Morgan fingerprint density at radius 3 is 2.37 bits per heavy atom. The van der Waals surface area contributed by atoms with Gasteiger partial charge in [-0.05, 0) is 112 Å². The molecule has 43 heavy (non-hydrogen) atoms. The summed E-state index contributed by atoms with van der Waals surface area (Å²) in [7, 11) is 0. The van der Waals surface area contributed by atoms with Crippen LogP contribution in [0.5, 0.6) is 0 Å². The molecule has 8 heteroatoms. The van der Waals surface area contributed by atoms with Crippen molar-refractivity contribution in [2.45, 2.75) is 57.7 Å². The summed E-state index contributed by atoms with van der Waals surface area (Å²) in [5.74, 6) is 1.28. The molecule has 1 unspecified atom stereocenters. The largest absolute Gasteiger partial charge is 0.375 e. The molecule has 2 fully saturated rings. The van der Waals surface area contributed by atoms with Crippen molar-refractivity contribution < 1.29 is 4.74 Å². The molecule has 0 spiro atoms. The van der Waals surface area contributed by atoms with Crippen LogP contribution in [0.4, 0.5) is 22.7 Å². The molecule has 6 heterocycles. The highest BCUT2D eigenvalue weighted by Gasteiger charge is 2.35. The van der Waals surface area contributed by atoms with Crippen LogP contribution in [0.2, 0.25) is 0 Å². The van der Waals surface area contributed by atoms with Crippen LogP contribution in [0, 0.1) is 13.8 Å². The molecule has 214 valence electrons. The van der Waals surface area contributed by atoms with Crippen LogP contribution >= 0.6 is 0 Å². The van der Waals surface area contributed by atoms with Crippen molar-refractivity contribution in [2.75, 3.05) is 10.6 Å². The molecule has 6 aromatic rings. The van der Waals surface area contributed by atoms with Crippen molar-refractivity contribution in [2.24, 2.45) is 0 Å². The maximum absolute atomic E-state index is 6.10. The summed E-state index contributed by atoms with van der Waals surface area (Å²) >= 11 is 0. The first-order valence-electron chi connectivity index (χ1n) is 15.0. The van der Waals surface area contributed by atoms with E-state index in [0.717, 1.165) is 80.4 Å². The molecular weight excluding hydrogens is 534 g/mol. The number of imidazole rings is 1. The second-order valence-corrected chi connectivity index (χ2v) is 11.9.